The van der Waals surface area contributed by atoms with Crippen LogP contribution in [-0.2, 0) is 4.79 Å². The van der Waals surface area contributed by atoms with Crippen LogP contribution in [0.3, 0.4) is 0 Å². The summed E-state index contributed by atoms with van der Waals surface area (Å²) in [5, 5.41) is 27.1. The molecule has 6 nitrogen and oxygen atoms in total. The molecule has 0 spiro atoms. The first-order valence-corrected chi connectivity index (χ1v) is 5.62. The average molecular weight is 238 g/mol. The average Bonchev–Trinajstić information content (AvgIpc) is 2.52. The van der Waals surface area contributed by atoms with Crippen molar-refractivity contribution in [2.24, 2.45) is 5.41 Å². The summed E-state index contributed by atoms with van der Waals surface area (Å²) >= 11 is 0. The lowest BCUT2D eigenvalue weighted by molar-refractivity contribution is -0.153. The summed E-state index contributed by atoms with van der Waals surface area (Å²) in [4.78, 5) is 23.8. The van der Waals surface area contributed by atoms with Crippen molar-refractivity contribution in [3.63, 3.8) is 0 Å². The van der Waals surface area contributed by atoms with Crippen LogP contribution in [0.2, 0.25) is 0 Å². The van der Waals surface area contributed by atoms with Crippen LogP contribution in [0.25, 0.3) is 0 Å². The zero-order chi connectivity index (χ0) is 12.6. The van der Waals surface area contributed by atoms with E-state index in [0.717, 1.165) is 0 Å². The smallest absolute Gasteiger partial charge is 0.407 e. The standard InChI is InChI=1S/C11H14N2O4/c12-4-3-11(9(14)15)5-7-1-2-8(6-11)13(7)10(16)17/h7-8H,1-3,5-6H2,(H,14,15)(H,16,17). The monoisotopic (exact) mass is 238 g/mol. The van der Waals surface area contributed by atoms with Gasteiger partial charge in [0.15, 0.2) is 0 Å². The number of rotatable bonds is 2. The van der Waals surface area contributed by atoms with E-state index in [1.807, 2.05) is 6.07 Å². The van der Waals surface area contributed by atoms with Crippen LogP contribution in [-0.4, -0.2) is 39.3 Å². The van der Waals surface area contributed by atoms with Gasteiger partial charge in [0.1, 0.15) is 0 Å². The number of aliphatic carboxylic acids is 1. The van der Waals surface area contributed by atoms with Gasteiger partial charge in [0, 0.05) is 12.1 Å². The van der Waals surface area contributed by atoms with Gasteiger partial charge in [-0.3, -0.25) is 4.79 Å². The minimum Gasteiger partial charge on any atom is -0.481 e. The Morgan fingerprint density at radius 2 is 1.82 bits per heavy atom. The molecule has 6 heteroatoms. The summed E-state index contributed by atoms with van der Waals surface area (Å²) in [6, 6.07) is 1.45. The van der Waals surface area contributed by atoms with Crippen molar-refractivity contribution in [1.82, 2.24) is 4.90 Å². The third kappa shape index (κ3) is 1.71. The molecule has 0 aliphatic carbocycles. The van der Waals surface area contributed by atoms with Crippen molar-refractivity contribution in [3.8, 4) is 6.07 Å². The number of nitriles is 1. The Labute approximate surface area is 98.4 Å². The molecule has 1 amide bonds. The molecular weight excluding hydrogens is 224 g/mol. The van der Waals surface area contributed by atoms with E-state index in [-0.39, 0.29) is 31.3 Å². The molecule has 17 heavy (non-hydrogen) atoms. The minimum atomic E-state index is -1.05. The van der Waals surface area contributed by atoms with Gasteiger partial charge in [0.05, 0.1) is 17.9 Å². The second-order valence-electron chi connectivity index (χ2n) is 4.90. The lowest BCUT2D eigenvalue weighted by Gasteiger charge is -2.41. The summed E-state index contributed by atoms with van der Waals surface area (Å²) < 4.78 is 0. The number of piperidine rings is 1. The van der Waals surface area contributed by atoms with Gasteiger partial charge in [-0.25, -0.2) is 4.79 Å². The van der Waals surface area contributed by atoms with Crippen molar-refractivity contribution < 1.29 is 19.8 Å². The highest BCUT2D eigenvalue weighted by Crippen LogP contribution is 2.47. The predicted molar refractivity (Wildman–Crippen MR) is 56.2 cm³/mol. The fourth-order valence-corrected chi connectivity index (χ4v) is 3.21. The number of carboxylic acid groups (broad SMARTS) is 2. The number of fused-ring (bicyclic) bond motifs is 2. The Morgan fingerprint density at radius 1 is 1.29 bits per heavy atom. The molecular formula is C11H14N2O4. The Kier molecular flexibility index (Phi) is 2.69. The molecule has 2 heterocycles. The van der Waals surface area contributed by atoms with Crippen molar-refractivity contribution >= 4 is 12.1 Å². The van der Waals surface area contributed by atoms with Crippen molar-refractivity contribution in [2.45, 2.75) is 44.2 Å². The van der Waals surface area contributed by atoms with E-state index in [0.29, 0.717) is 12.8 Å². The Hall–Kier alpha value is -1.77. The molecule has 0 saturated carbocycles. The molecule has 0 aromatic carbocycles. The molecule has 2 rings (SSSR count). The second-order valence-corrected chi connectivity index (χ2v) is 4.90. The molecule has 2 N–H and O–H groups in total. The Balaban J connectivity index is 2.26. The van der Waals surface area contributed by atoms with Crippen LogP contribution in [0.1, 0.15) is 32.1 Å². The van der Waals surface area contributed by atoms with E-state index in [2.05, 4.69) is 0 Å². The van der Waals surface area contributed by atoms with Gasteiger partial charge in [-0.2, -0.15) is 5.26 Å². The SMILES string of the molecule is N#CCC1(C(=O)O)CC2CCC(C1)N2C(=O)O. The van der Waals surface area contributed by atoms with E-state index in [1.54, 1.807) is 0 Å². The second kappa shape index (κ2) is 3.91. The van der Waals surface area contributed by atoms with Crippen LogP contribution < -0.4 is 0 Å². The van der Waals surface area contributed by atoms with E-state index in [4.69, 9.17) is 10.4 Å². The third-order valence-corrected chi connectivity index (χ3v) is 3.96. The molecule has 2 aliphatic rings. The van der Waals surface area contributed by atoms with Crippen LogP contribution in [0.15, 0.2) is 0 Å². The molecule has 2 atom stereocenters. The lowest BCUT2D eigenvalue weighted by atomic mass is 9.73. The van der Waals surface area contributed by atoms with Gasteiger partial charge >= 0.3 is 12.1 Å². The van der Waals surface area contributed by atoms with Crippen molar-refractivity contribution in [1.29, 1.82) is 5.26 Å². The number of carbonyl (C=O) groups is 2. The van der Waals surface area contributed by atoms with Crippen molar-refractivity contribution in [2.75, 3.05) is 0 Å². The summed E-state index contributed by atoms with van der Waals surface area (Å²) in [5.74, 6) is -0.971. The first-order valence-electron chi connectivity index (χ1n) is 5.62. The molecule has 0 aromatic heterocycles. The molecule has 0 radical (unpaired) electrons. The quantitative estimate of drug-likeness (QED) is 0.754. The summed E-state index contributed by atoms with van der Waals surface area (Å²) in [6.07, 6.45) is 0.920. The Bertz CT molecular complexity index is 387. The van der Waals surface area contributed by atoms with Gasteiger partial charge in [-0.05, 0) is 25.7 Å². The highest BCUT2D eigenvalue weighted by Gasteiger charge is 2.53. The molecule has 2 fully saturated rings. The highest BCUT2D eigenvalue weighted by atomic mass is 16.4. The lowest BCUT2D eigenvalue weighted by Crippen LogP contribution is -2.52. The van der Waals surface area contributed by atoms with E-state index < -0.39 is 17.5 Å². The number of hydrogen-bond acceptors (Lipinski definition) is 3. The molecule has 92 valence electrons. The number of nitrogens with zero attached hydrogens (tertiary/aromatic N) is 2. The maximum Gasteiger partial charge on any atom is 0.407 e. The normalized spacial score (nSPS) is 35.4. The van der Waals surface area contributed by atoms with Gasteiger partial charge < -0.3 is 15.1 Å². The number of hydrogen-bond donors (Lipinski definition) is 2. The van der Waals surface area contributed by atoms with Gasteiger partial charge in [-0.15, -0.1) is 0 Å². The van der Waals surface area contributed by atoms with E-state index >= 15 is 0 Å². The van der Waals surface area contributed by atoms with Crippen molar-refractivity contribution in [3.05, 3.63) is 0 Å². The van der Waals surface area contributed by atoms with Crippen LogP contribution in [0, 0.1) is 16.7 Å². The molecule has 0 aromatic rings. The predicted octanol–water partition coefficient (Wildman–Crippen LogP) is 1.28. The van der Waals surface area contributed by atoms with Crippen LogP contribution >= 0.6 is 0 Å². The number of amides is 1. The Morgan fingerprint density at radius 3 is 2.18 bits per heavy atom. The number of carboxylic acids is 1. The summed E-state index contributed by atoms with van der Waals surface area (Å²) in [5.41, 5.74) is -1.05. The molecule has 2 saturated heterocycles. The highest BCUT2D eigenvalue weighted by molar-refractivity contribution is 5.76. The van der Waals surface area contributed by atoms with Crippen LogP contribution in [0.4, 0.5) is 4.79 Å². The maximum absolute atomic E-state index is 11.3. The maximum atomic E-state index is 11.3. The molecule has 2 bridgehead atoms. The third-order valence-electron chi connectivity index (χ3n) is 3.96. The zero-order valence-electron chi connectivity index (χ0n) is 9.30. The molecule has 2 unspecified atom stereocenters. The fraction of sp³-hybridized carbons (Fsp3) is 0.727. The summed E-state index contributed by atoms with van der Waals surface area (Å²) in [6.45, 7) is 0. The van der Waals surface area contributed by atoms with Gasteiger partial charge in [-0.1, -0.05) is 0 Å². The first-order chi connectivity index (χ1) is 8.00. The first kappa shape index (κ1) is 11.7. The molecule has 2 aliphatic heterocycles. The van der Waals surface area contributed by atoms with Gasteiger partial charge in [0.2, 0.25) is 0 Å². The minimum absolute atomic E-state index is 0.0389. The fourth-order valence-electron chi connectivity index (χ4n) is 3.21. The largest absolute Gasteiger partial charge is 0.481 e. The topological polar surface area (TPSA) is 102 Å². The van der Waals surface area contributed by atoms with E-state index in [9.17, 15) is 14.7 Å². The summed E-state index contributed by atoms with van der Waals surface area (Å²) in [7, 11) is 0. The van der Waals surface area contributed by atoms with Gasteiger partial charge in [0.25, 0.3) is 0 Å². The van der Waals surface area contributed by atoms with E-state index in [1.165, 1.54) is 4.90 Å². The van der Waals surface area contributed by atoms with Crippen LogP contribution in [0.5, 0.6) is 0 Å². The zero-order valence-corrected chi connectivity index (χ0v) is 9.30.